The molecule has 0 radical (unpaired) electrons. The van der Waals surface area contributed by atoms with Crippen molar-refractivity contribution in [3.05, 3.63) is 57.9 Å². The number of sulfone groups is 1. The average molecular weight is 460 g/mol. The molecule has 0 amide bonds. The first-order valence-electron chi connectivity index (χ1n) is 10.4. The van der Waals surface area contributed by atoms with E-state index in [1.54, 1.807) is 11.3 Å². The molecule has 1 saturated heterocycles. The molecule has 4 rings (SSSR count). The van der Waals surface area contributed by atoms with Crippen molar-refractivity contribution in [2.24, 2.45) is 0 Å². The van der Waals surface area contributed by atoms with E-state index in [0.29, 0.717) is 6.42 Å². The summed E-state index contributed by atoms with van der Waals surface area (Å²) >= 11 is 1.60. The second kappa shape index (κ2) is 8.72. The normalized spacial score (nSPS) is 18.0. The molecule has 1 N–H and O–H groups in total. The molecule has 7 nitrogen and oxygen atoms in total. The number of nitrogens with zero attached hydrogens (tertiary/aromatic N) is 4. The number of rotatable bonds is 7. The van der Waals surface area contributed by atoms with E-state index in [1.807, 2.05) is 18.5 Å². The Hall–Kier alpha value is -2.23. The second-order valence-electron chi connectivity index (χ2n) is 8.46. The molecule has 9 heteroatoms. The summed E-state index contributed by atoms with van der Waals surface area (Å²) in [5.74, 6) is 0.452. The topological polar surface area (TPSA) is 80.1 Å². The first-order valence-corrected chi connectivity index (χ1v) is 13.1. The zero-order valence-corrected chi connectivity index (χ0v) is 20.1. The van der Waals surface area contributed by atoms with Gasteiger partial charge in [-0.05, 0) is 46.4 Å². The maximum absolute atomic E-state index is 11.9. The minimum Gasteiger partial charge on any atom is -0.332 e. The smallest absolute Gasteiger partial charge is 0.187 e. The molecular weight excluding hydrogens is 430 g/mol. The standard InChI is InChI=1S/C22H29N5O2S2/c1-15-5-7-18(8-6-15)23-22-24-19(13-30-22)11-26(4)12-21-16(2)25-27(17(21)3)20-9-10-31(28,29)14-20/h5-8,13,20H,9-12,14H2,1-4H3,(H,23,24). The van der Waals surface area contributed by atoms with Gasteiger partial charge in [-0.3, -0.25) is 9.58 Å². The molecule has 0 aliphatic carbocycles. The Bertz CT molecular complexity index is 1170. The summed E-state index contributed by atoms with van der Waals surface area (Å²) in [4.78, 5) is 6.94. The van der Waals surface area contributed by atoms with Crippen molar-refractivity contribution in [2.45, 2.75) is 46.3 Å². The number of hydrogen-bond acceptors (Lipinski definition) is 7. The third-order valence-corrected chi connectivity index (χ3v) is 8.30. The predicted molar refractivity (Wildman–Crippen MR) is 126 cm³/mol. The largest absolute Gasteiger partial charge is 0.332 e. The van der Waals surface area contributed by atoms with Crippen LogP contribution in [-0.2, 0) is 22.9 Å². The predicted octanol–water partition coefficient (Wildman–Crippen LogP) is 4.00. The van der Waals surface area contributed by atoms with Gasteiger partial charge in [-0.1, -0.05) is 17.7 Å². The van der Waals surface area contributed by atoms with Crippen LogP contribution in [-0.4, -0.2) is 46.6 Å². The lowest BCUT2D eigenvalue weighted by Gasteiger charge is -2.16. The highest BCUT2D eigenvalue weighted by atomic mass is 32.2. The van der Waals surface area contributed by atoms with Gasteiger partial charge in [0.1, 0.15) is 0 Å². The van der Waals surface area contributed by atoms with Crippen molar-refractivity contribution in [3.63, 3.8) is 0 Å². The molecule has 1 unspecified atom stereocenters. The number of benzene rings is 1. The summed E-state index contributed by atoms with van der Waals surface area (Å²) < 4.78 is 25.7. The lowest BCUT2D eigenvalue weighted by atomic mass is 10.1. The highest BCUT2D eigenvalue weighted by Crippen LogP contribution is 2.28. The Balaban J connectivity index is 1.40. The molecule has 0 bridgehead atoms. The van der Waals surface area contributed by atoms with Crippen LogP contribution in [0.1, 0.15) is 40.7 Å². The minimum absolute atomic E-state index is 0.0447. The zero-order valence-electron chi connectivity index (χ0n) is 18.4. The van der Waals surface area contributed by atoms with E-state index >= 15 is 0 Å². The van der Waals surface area contributed by atoms with E-state index in [9.17, 15) is 8.42 Å². The number of anilines is 2. The van der Waals surface area contributed by atoms with Crippen molar-refractivity contribution in [2.75, 3.05) is 23.9 Å². The van der Waals surface area contributed by atoms with E-state index in [0.717, 1.165) is 41.0 Å². The first-order chi connectivity index (χ1) is 14.7. The van der Waals surface area contributed by atoms with Gasteiger partial charge in [0.25, 0.3) is 0 Å². The maximum atomic E-state index is 11.9. The molecule has 3 heterocycles. The van der Waals surface area contributed by atoms with E-state index in [1.165, 1.54) is 11.1 Å². The molecule has 0 spiro atoms. The molecule has 1 aliphatic rings. The Morgan fingerprint density at radius 1 is 1.19 bits per heavy atom. The molecule has 31 heavy (non-hydrogen) atoms. The average Bonchev–Trinajstić information content (AvgIpc) is 3.37. The minimum atomic E-state index is -2.93. The molecular formula is C22H29N5O2S2. The van der Waals surface area contributed by atoms with Crippen molar-refractivity contribution >= 4 is 32.0 Å². The van der Waals surface area contributed by atoms with E-state index < -0.39 is 9.84 Å². The van der Waals surface area contributed by atoms with Crippen molar-refractivity contribution in [3.8, 4) is 0 Å². The summed E-state index contributed by atoms with van der Waals surface area (Å²) in [6.45, 7) is 7.59. The number of aryl methyl sites for hydroxylation is 2. The molecule has 3 aromatic rings. The molecule has 1 atom stereocenters. The maximum Gasteiger partial charge on any atom is 0.187 e. The van der Waals surface area contributed by atoms with Crippen molar-refractivity contribution in [1.82, 2.24) is 19.7 Å². The Morgan fingerprint density at radius 2 is 1.94 bits per heavy atom. The SMILES string of the molecule is Cc1ccc(Nc2nc(CN(C)Cc3c(C)nn(C4CCS(=O)(=O)C4)c3C)cs2)cc1. The Labute approximate surface area is 188 Å². The van der Waals surface area contributed by atoms with Gasteiger partial charge < -0.3 is 5.32 Å². The quantitative estimate of drug-likeness (QED) is 0.575. The molecule has 1 aromatic carbocycles. The Morgan fingerprint density at radius 3 is 2.61 bits per heavy atom. The first kappa shape index (κ1) is 22.0. The summed E-state index contributed by atoms with van der Waals surface area (Å²) in [6.07, 6.45) is 0.648. The monoisotopic (exact) mass is 459 g/mol. The van der Waals surface area contributed by atoms with Gasteiger partial charge >= 0.3 is 0 Å². The van der Waals surface area contributed by atoms with Gasteiger partial charge in [-0.2, -0.15) is 5.10 Å². The third-order valence-electron chi connectivity index (χ3n) is 5.74. The summed E-state index contributed by atoms with van der Waals surface area (Å²) in [5.41, 5.74) is 6.48. The summed E-state index contributed by atoms with van der Waals surface area (Å²) in [6, 6.07) is 8.23. The molecule has 0 saturated carbocycles. The zero-order chi connectivity index (χ0) is 22.2. The molecule has 1 fully saturated rings. The lowest BCUT2D eigenvalue weighted by molar-refractivity contribution is 0.314. The van der Waals surface area contributed by atoms with Crippen LogP contribution >= 0.6 is 11.3 Å². The van der Waals surface area contributed by atoms with E-state index in [-0.39, 0.29) is 17.5 Å². The number of thiazole rings is 1. The molecule has 2 aromatic heterocycles. The fraction of sp³-hybridized carbons (Fsp3) is 0.455. The highest BCUT2D eigenvalue weighted by molar-refractivity contribution is 7.91. The fourth-order valence-corrected chi connectivity index (χ4v) is 6.46. The van der Waals surface area contributed by atoms with Crippen LogP contribution in [0, 0.1) is 20.8 Å². The van der Waals surface area contributed by atoms with E-state index in [4.69, 9.17) is 4.98 Å². The van der Waals surface area contributed by atoms with Crippen LogP contribution in [0.2, 0.25) is 0 Å². The van der Waals surface area contributed by atoms with Gasteiger partial charge in [0.05, 0.1) is 28.9 Å². The van der Waals surface area contributed by atoms with Gasteiger partial charge in [-0.25, -0.2) is 13.4 Å². The van der Waals surface area contributed by atoms with Crippen LogP contribution in [0.15, 0.2) is 29.6 Å². The number of hydrogen-bond donors (Lipinski definition) is 1. The van der Waals surface area contributed by atoms with Crippen LogP contribution in [0.25, 0.3) is 0 Å². The Kier molecular flexibility index (Phi) is 6.18. The fourth-order valence-electron chi connectivity index (χ4n) is 4.05. The lowest BCUT2D eigenvalue weighted by Crippen LogP contribution is -2.19. The van der Waals surface area contributed by atoms with Crippen LogP contribution in [0.3, 0.4) is 0 Å². The van der Waals surface area contributed by atoms with Crippen LogP contribution in [0.4, 0.5) is 10.8 Å². The third kappa shape index (κ3) is 5.16. The van der Waals surface area contributed by atoms with E-state index in [2.05, 4.69) is 58.9 Å². The van der Waals surface area contributed by atoms with Gasteiger partial charge in [-0.15, -0.1) is 11.3 Å². The van der Waals surface area contributed by atoms with Gasteiger partial charge in [0.15, 0.2) is 15.0 Å². The van der Waals surface area contributed by atoms with Crippen LogP contribution in [0.5, 0.6) is 0 Å². The van der Waals surface area contributed by atoms with Crippen molar-refractivity contribution in [1.29, 1.82) is 0 Å². The molecule has 1 aliphatic heterocycles. The molecule has 166 valence electrons. The number of nitrogens with one attached hydrogen (secondary N) is 1. The van der Waals surface area contributed by atoms with Gasteiger partial charge in [0, 0.05) is 35.4 Å². The summed E-state index contributed by atoms with van der Waals surface area (Å²) in [5, 5.41) is 11.0. The second-order valence-corrected chi connectivity index (χ2v) is 11.5. The summed E-state index contributed by atoms with van der Waals surface area (Å²) in [7, 11) is -0.862. The number of aromatic nitrogens is 3. The highest BCUT2D eigenvalue weighted by Gasteiger charge is 2.31. The van der Waals surface area contributed by atoms with Crippen molar-refractivity contribution < 1.29 is 8.42 Å². The van der Waals surface area contributed by atoms with Gasteiger partial charge in [0.2, 0.25) is 0 Å². The van der Waals surface area contributed by atoms with Crippen LogP contribution < -0.4 is 5.32 Å².